The summed E-state index contributed by atoms with van der Waals surface area (Å²) in [5, 5.41) is 13.3. The van der Waals surface area contributed by atoms with Crippen molar-refractivity contribution in [1.82, 2.24) is 5.32 Å². The zero-order chi connectivity index (χ0) is 18.1. The van der Waals surface area contributed by atoms with Crippen LogP contribution in [0.5, 0.6) is 5.75 Å². The number of carbonyl (C=O) groups excluding carboxylic acids is 1. The molecule has 5 nitrogen and oxygen atoms in total. The molecule has 0 aromatic heterocycles. The van der Waals surface area contributed by atoms with Gasteiger partial charge in [0.15, 0.2) is 0 Å². The van der Waals surface area contributed by atoms with E-state index in [9.17, 15) is 9.90 Å². The first-order valence-corrected chi connectivity index (χ1v) is 8.52. The average Bonchev–Trinajstić information content (AvgIpc) is 2.64. The molecule has 0 saturated heterocycles. The highest BCUT2D eigenvalue weighted by Gasteiger charge is 2.09. The Balaban J connectivity index is 0.00000338. The Labute approximate surface area is 161 Å². The standard InChI is InChI=1S/C20H26N2O3.ClH/c1-15(7-8-16-9-11-17(12-10-16)20(21)24)22-13-18(23)14-25-19-5-3-2-4-6-19;/h2-6,9-12,15,18,22-23H,7-8,13-14H2,1H3,(H2,21,24);1H/t15-,18?;/m1./s1. The van der Waals surface area contributed by atoms with Crippen LogP contribution in [0.1, 0.15) is 29.3 Å². The maximum absolute atomic E-state index is 11.0. The highest BCUT2D eigenvalue weighted by Crippen LogP contribution is 2.09. The number of benzene rings is 2. The highest BCUT2D eigenvalue weighted by atomic mass is 35.5. The lowest BCUT2D eigenvalue weighted by Gasteiger charge is -2.17. The van der Waals surface area contributed by atoms with Crippen LogP contribution >= 0.6 is 12.4 Å². The van der Waals surface area contributed by atoms with E-state index < -0.39 is 12.0 Å². The van der Waals surface area contributed by atoms with Crippen molar-refractivity contribution in [3.63, 3.8) is 0 Å². The molecule has 2 aromatic carbocycles. The van der Waals surface area contributed by atoms with E-state index in [4.69, 9.17) is 10.5 Å². The van der Waals surface area contributed by atoms with E-state index in [2.05, 4.69) is 12.2 Å². The number of ether oxygens (including phenoxy) is 1. The summed E-state index contributed by atoms with van der Waals surface area (Å²) in [5.41, 5.74) is 6.92. The highest BCUT2D eigenvalue weighted by molar-refractivity contribution is 5.92. The van der Waals surface area contributed by atoms with E-state index >= 15 is 0 Å². The second-order valence-corrected chi connectivity index (χ2v) is 6.19. The van der Waals surface area contributed by atoms with Crippen molar-refractivity contribution in [3.05, 3.63) is 65.7 Å². The monoisotopic (exact) mass is 378 g/mol. The van der Waals surface area contributed by atoms with Gasteiger partial charge >= 0.3 is 0 Å². The maximum Gasteiger partial charge on any atom is 0.248 e. The van der Waals surface area contributed by atoms with Gasteiger partial charge in [0.2, 0.25) is 5.91 Å². The van der Waals surface area contributed by atoms with Crippen molar-refractivity contribution in [2.75, 3.05) is 13.2 Å². The first-order valence-electron chi connectivity index (χ1n) is 8.52. The Bertz CT molecular complexity index is 650. The van der Waals surface area contributed by atoms with Gasteiger partial charge in [0, 0.05) is 18.2 Å². The molecule has 0 aliphatic rings. The third-order valence-corrected chi connectivity index (χ3v) is 3.99. The Morgan fingerprint density at radius 2 is 1.81 bits per heavy atom. The number of rotatable bonds is 10. The predicted octanol–water partition coefficient (Wildman–Crippen LogP) is 2.56. The van der Waals surface area contributed by atoms with Crippen molar-refractivity contribution < 1.29 is 14.6 Å². The minimum absolute atomic E-state index is 0. The first kappa shape index (κ1) is 22.0. The summed E-state index contributed by atoms with van der Waals surface area (Å²) in [6.07, 6.45) is 1.27. The number of carbonyl (C=O) groups is 1. The van der Waals surface area contributed by atoms with E-state index in [0.717, 1.165) is 24.2 Å². The molecule has 0 aliphatic heterocycles. The quantitative estimate of drug-likeness (QED) is 0.593. The fourth-order valence-corrected chi connectivity index (χ4v) is 2.43. The SMILES string of the molecule is C[C@H](CCc1ccc(C(N)=O)cc1)NCC(O)COc1ccccc1.Cl. The van der Waals surface area contributed by atoms with Crippen molar-refractivity contribution in [2.45, 2.75) is 31.9 Å². The van der Waals surface area contributed by atoms with Crippen molar-refractivity contribution in [2.24, 2.45) is 5.73 Å². The topological polar surface area (TPSA) is 84.6 Å². The normalized spacial score (nSPS) is 12.7. The summed E-state index contributed by atoms with van der Waals surface area (Å²) < 4.78 is 5.53. The number of aryl methyl sites for hydroxylation is 1. The second-order valence-electron chi connectivity index (χ2n) is 6.19. The van der Waals surface area contributed by atoms with E-state index in [-0.39, 0.29) is 25.1 Å². The molecule has 2 aromatic rings. The zero-order valence-corrected chi connectivity index (χ0v) is 15.7. The molecule has 2 atom stereocenters. The summed E-state index contributed by atoms with van der Waals surface area (Å²) in [4.78, 5) is 11.0. The Morgan fingerprint density at radius 3 is 2.42 bits per heavy atom. The van der Waals surface area contributed by atoms with Gasteiger partial charge in [-0.1, -0.05) is 30.3 Å². The number of hydrogen-bond donors (Lipinski definition) is 3. The lowest BCUT2D eigenvalue weighted by atomic mass is 10.0. The number of primary amides is 1. The average molecular weight is 379 g/mol. The molecule has 4 N–H and O–H groups in total. The van der Waals surface area contributed by atoms with Gasteiger partial charge in [0.25, 0.3) is 0 Å². The number of nitrogens with one attached hydrogen (secondary N) is 1. The lowest BCUT2D eigenvalue weighted by Crippen LogP contribution is -2.36. The molecule has 142 valence electrons. The molecule has 26 heavy (non-hydrogen) atoms. The van der Waals surface area contributed by atoms with E-state index in [0.29, 0.717) is 12.1 Å². The maximum atomic E-state index is 11.0. The molecule has 0 radical (unpaired) electrons. The van der Waals surface area contributed by atoms with Crippen LogP contribution in [0.25, 0.3) is 0 Å². The fraction of sp³-hybridized carbons (Fsp3) is 0.350. The molecule has 2 rings (SSSR count). The molecule has 0 heterocycles. The van der Waals surface area contributed by atoms with Crippen LogP contribution in [0.15, 0.2) is 54.6 Å². The number of nitrogens with two attached hydrogens (primary N) is 1. The molecule has 0 aliphatic carbocycles. The van der Waals surface area contributed by atoms with Gasteiger partial charge in [0.05, 0.1) is 0 Å². The molecular formula is C20H27ClN2O3. The van der Waals surface area contributed by atoms with E-state index in [1.807, 2.05) is 42.5 Å². The minimum Gasteiger partial charge on any atom is -0.491 e. The molecule has 1 amide bonds. The van der Waals surface area contributed by atoms with Gasteiger partial charge in [0.1, 0.15) is 18.5 Å². The molecule has 1 unspecified atom stereocenters. The third kappa shape index (κ3) is 7.87. The smallest absolute Gasteiger partial charge is 0.248 e. The molecule has 0 spiro atoms. The molecular weight excluding hydrogens is 352 g/mol. The number of aliphatic hydroxyl groups excluding tert-OH is 1. The Hall–Kier alpha value is -2.08. The second kappa shape index (κ2) is 11.5. The first-order chi connectivity index (χ1) is 12.0. The third-order valence-electron chi connectivity index (χ3n) is 3.99. The lowest BCUT2D eigenvalue weighted by molar-refractivity contribution is 0.1000. The van der Waals surface area contributed by atoms with Gasteiger partial charge in [-0.15, -0.1) is 12.4 Å². The largest absolute Gasteiger partial charge is 0.491 e. The van der Waals surface area contributed by atoms with Crippen LogP contribution in [0.2, 0.25) is 0 Å². The number of aliphatic hydroxyl groups is 1. The Kier molecular flexibility index (Phi) is 9.73. The van der Waals surface area contributed by atoms with Gasteiger partial charge in [-0.05, 0) is 49.6 Å². The minimum atomic E-state index is -0.558. The van der Waals surface area contributed by atoms with E-state index in [1.165, 1.54) is 0 Å². The van der Waals surface area contributed by atoms with Gasteiger partial charge in [-0.3, -0.25) is 4.79 Å². The van der Waals surface area contributed by atoms with Crippen LogP contribution in [0.3, 0.4) is 0 Å². The number of hydrogen-bond acceptors (Lipinski definition) is 4. The van der Waals surface area contributed by atoms with Crippen LogP contribution in [-0.4, -0.2) is 36.3 Å². The van der Waals surface area contributed by atoms with E-state index in [1.54, 1.807) is 12.1 Å². The summed E-state index contributed by atoms with van der Waals surface area (Å²) in [7, 11) is 0. The van der Waals surface area contributed by atoms with Gasteiger partial charge in [-0.2, -0.15) is 0 Å². The van der Waals surface area contributed by atoms with Crippen LogP contribution < -0.4 is 15.8 Å². The molecule has 0 fully saturated rings. The van der Waals surface area contributed by atoms with Crippen molar-refractivity contribution in [3.8, 4) is 5.75 Å². The van der Waals surface area contributed by atoms with Crippen LogP contribution in [0.4, 0.5) is 0 Å². The summed E-state index contributed by atoms with van der Waals surface area (Å²) >= 11 is 0. The van der Waals surface area contributed by atoms with Crippen molar-refractivity contribution >= 4 is 18.3 Å². The summed E-state index contributed by atoms with van der Waals surface area (Å²) in [6, 6.07) is 17.1. The van der Waals surface area contributed by atoms with Crippen molar-refractivity contribution in [1.29, 1.82) is 0 Å². The summed E-state index contributed by atoms with van der Waals surface area (Å²) in [5.74, 6) is 0.349. The zero-order valence-electron chi connectivity index (χ0n) is 14.9. The van der Waals surface area contributed by atoms with Crippen LogP contribution in [-0.2, 0) is 6.42 Å². The van der Waals surface area contributed by atoms with Crippen LogP contribution in [0, 0.1) is 0 Å². The number of halogens is 1. The molecule has 6 heteroatoms. The number of amides is 1. The molecule has 0 saturated carbocycles. The predicted molar refractivity (Wildman–Crippen MR) is 106 cm³/mol. The van der Waals surface area contributed by atoms with Gasteiger partial charge in [-0.25, -0.2) is 0 Å². The molecule has 0 bridgehead atoms. The Morgan fingerprint density at radius 1 is 1.15 bits per heavy atom. The number of para-hydroxylation sites is 1. The van der Waals surface area contributed by atoms with Gasteiger partial charge < -0.3 is 20.9 Å². The summed E-state index contributed by atoms with van der Waals surface area (Å²) in [6.45, 7) is 2.83. The fourth-order valence-electron chi connectivity index (χ4n) is 2.43.